The molecule has 0 spiro atoms. The monoisotopic (exact) mass is 301 g/mol. The van der Waals surface area contributed by atoms with Gasteiger partial charge in [-0.1, -0.05) is 0 Å². The molecule has 3 N–H and O–H groups in total. The van der Waals surface area contributed by atoms with Crippen LogP contribution in [0.1, 0.15) is 12.8 Å². The van der Waals surface area contributed by atoms with Gasteiger partial charge in [-0.3, -0.25) is 0 Å². The zero-order valence-electron chi connectivity index (χ0n) is 10.8. The highest BCUT2D eigenvalue weighted by molar-refractivity contribution is 8.00. The van der Waals surface area contributed by atoms with Crippen molar-refractivity contribution in [1.82, 2.24) is 0 Å². The first-order valence-corrected chi connectivity index (χ1v) is 9.02. The summed E-state index contributed by atoms with van der Waals surface area (Å²) >= 11 is 1.51. The number of hydrogen-bond acceptors (Lipinski definition) is 5. The fourth-order valence-electron chi connectivity index (χ4n) is 1.96. The van der Waals surface area contributed by atoms with E-state index in [1.807, 2.05) is 0 Å². The van der Waals surface area contributed by atoms with Gasteiger partial charge in [0.2, 0.25) is 0 Å². The first-order chi connectivity index (χ1) is 8.91. The van der Waals surface area contributed by atoms with Crippen molar-refractivity contribution < 1.29 is 13.5 Å². The third-order valence-corrected chi connectivity index (χ3v) is 5.75. The number of rotatable bonds is 6. The summed E-state index contributed by atoms with van der Waals surface area (Å²) in [5.41, 5.74) is 6.10. The molecule has 19 heavy (non-hydrogen) atoms. The maximum atomic E-state index is 11.4. The molecule has 2 atom stereocenters. The lowest BCUT2D eigenvalue weighted by Gasteiger charge is -2.21. The molecular weight excluding hydrogens is 282 g/mol. The first-order valence-electron chi connectivity index (χ1n) is 6.25. The van der Waals surface area contributed by atoms with Gasteiger partial charge in [-0.05, 0) is 43.0 Å². The number of aliphatic hydroxyl groups is 1. The van der Waals surface area contributed by atoms with E-state index in [-0.39, 0.29) is 17.9 Å². The quantitative estimate of drug-likeness (QED) is 0.774. The van der Waals surface area contributed by atoms with Gasteiger partial charge in [0, 0.05) is 22.4 Å². The molecule has 106 valence electrons. The van der Waals surface area contributed by atoms with Crippen molar-refractivity contribution in [3.05, 3.63) is 24.3 Å². The van der Waals surface area contributed by atoms with Crippen LogP contribution in [-0.4, -0.2) is 37.7 Å². The van der Waals surface area contributed by atoms with Crippen molar-refractivity contribution in [1.29, 1.82) is 0 Å². The van der Waals surface area contributed by atoms with Gasteiger partial charge >= 0.3 is 0 Å². The Hall–Kier alpha value is -0.560. The normalized spacial score (nSPS) is 19.1. The van der Waals surface area contributed by atoms with E-state index in [1.54, 1.807) is 24.3 Å². The molecule has 0 amide bonds. The molecule has 0 saturated heterocycles. The number of nitrogens with two attached hydrogens (primary N) is 1. The van der Waals surface area contributed by atoms with Crippen molar-refractivity contribution in [2.75, 3.05) is 12.9 Å². The predicted octanol–water partition coefficient (Wildman–Crippen LogP) is 1.28. The Morgan fingerprint density at radius 3 is 2.37 bits per heavy atom. The van der Waals surface area contributed by atoms with E-state index in [0.717, 1.165) is 17.7 Å². The third kappa shape index (κ3) is 3.95. The van der Waals surface area contributed by atoms with Crippen molar-refractivity contribution in [2.45, 2.75) is 33.9 Å². The second kappa shape index (κ2) is 5.83. The van der Waals surface area contributed by atoms with Gasteiger partial charge in [-0.15, -0.1) is 11.8 Å². The highest BCUT2D eigenvalue weighted by Gasteiger charge is 2.34. The first kappa shape index (κ1) is 14.8. The lowest BCUT2D eigenvalue weighted by atomic mass is 10.1. The lowest BCUT2D eigenvalue weighted by Crippen LogP contribution is -2.36. The maximum Gasteiger partial charge on any atom is 0.175 e. The summed E-state index contributed by atoms with van der Waals surface area (Å²) in [5.74, 6) is 0.528. The van der Waals surface area contributed by atoms with Crippen LogP contribution >= 0.6 is 11.8 Å². The van der Waals surface area contributed by atoms with Crippen molar-refractivity contribution in [3.63, 3.8) is 0 Å². The Bertz CT molecular complexity index is 523. The van der Waals surface area contributed by atoms with E-state index in [1.165, 1.54) is 18.0 Å². The molecular formula is C13H19NO3S2. The van der Waals surface area contributed by atoms with Gasteiger partial charge in [-0.2, -0.15) is 0 Å². The molecule has 0 bridgehead atoms. The Morgan fingerprint density at radius 2 is 1.95 bits per heavy atom. The fraction of sp³-hybridized carbons (Fsp3) is 0.538. The number of aliphatic hydroxyl groups excluding tert-OH is 1. The summed E-state index contributed by atoms with van der Waals surface area (Å²) in [6, 6.07) is 6.72. The van der Waals surface area contributed by atoms with E-state index in [4.69, 9.17) is 5.73 Å². The van der Waals surface area contributed by atoms with E-state index >= 15 is 0 Å². The fourth-order valence-corrected chi connectivity index (χ4v) is 3.69. The molecule has 2 unspecified atom stereocenters. The Morgan fingerprint density at radius 1 is 1.37 bits per heavy atom. The molecule has 0 aliphatic heterocycles. The van der Waals surface area contributed by atoms with Gasteiger partial charge in [0.15, 0.2) is 9.84 Å². The van der Waals surface area contributed by atoms with E-state index in [9.17, 15) is 13.5 Å². The van der Waals surface area contributed by atoms with Gasteiger partial charge in [0.05, 0.1) is 11.5 Å². The van der Waals surface area contributed by atoms with E-state index < -0.39 is 9.84 Å². The molecule has 1 aromatic rings. The zero-order chi connectivity index (χ0) is 14.0. The van der Waals surface area contributed by atoms with Crippen LogP contribution in [0.25, 0.3) is 0 Å². The summed E-state index contributed by atoms with van der Waals surface area (Å²) in [7, 11) is -3.16. The summed E-state index contributed by atoms with van der Waals surface area (Å²) in [6.45, 7) is 0.0379. The standard InChI is InChI=1S/C13H19NO3S2/c1-19(16,17)11-6-4-10(5-7-11)18-12(8-15)13(14)9-2-3-9/h4-7,9,12-13,15H,2-3,8,14H2,1H3. The van der Waals surface area contributed by atoms with E-state index in [2.05, 4.69) is 0 Å². The summed E-state index contributed by atoms with van der Waals surface area (Å²) in [5, 5.41) is 9.39. The summed E-state index contributed by atoms with van der Waals surface area (Å²) < 4.78 is 22.7. The molecule has 6 heteroatoms. The minimum absolute atomic E-state index is 0.00424. The molecule has 4 nitrogen and oxygen atoms in total. The van der Waals surface area contributed by atoms with Crippen molar-refractivity contribution in [3.8, 4) is 0 Å². The zero-order valence-corrected chi connectivity index (χ0v) is 12.5. The van der Waals surface area contributed by atoms with Crippen LogP contribution in [0.4, 0.5) is 0 Å². The minimum atomic E-state index is -3.16. The average molecular weight is 301 g/mol. The average Bonchev–Trinajstić information content (AvgIpc) is 3.19. The Labute approximate surface area is 118 Å². The van der Waals surface area contributed by atoms with Crippen LogP contribution in [-0.2, 0) is 9.84 Å². The predicted molar refractivity (Wildman–Crippen MR) is 77.0 cm³/mol. The van der Waals surface area contributed by atoms with E-state index in [0.29, 0.717) is 10.8 Å². The molecule has 2 rings (SSSR count). The van der Waals surface area contributed by atoms with Crippen LogP contribution in [0.2, 0.25) is 0 Å². The van der Waals surface area contributed by atoms with Gasteiger partial charge in [0.25, 0.3) is 0 Å². The van der Waals surface area contributed by atoms with Crippen LogP contribution < -0.4 is 5.73 Å². The minimum Gasteiger partial charge on any atom is -0.395 e. The van der Waals surface area contributed by atoms with Gasteiger partial charge < -0.3 is 10.8 Å². The molecule has 1 aromatic carbocycles. The second-order valence-electron chi connectivity index (χ2n) is 5.00. The molecule has 0 radical (unpaired) electrons. The lowest BCUT2D eigenvalue weighted by molar-refractivity contribution is 0.277. The molecule has 0 aromatic heterocycles. The molecule has 1 fully saturated rings. The van der Waals surface area contributed by atoms with Gasteiger partial charge in [-0.25, -0.2) is 8.42 Å². The number of thioether (sulfide) groups is 1. The SMILES string of the molecule is CS(=O)(=O)c1ccc(SC(CO)C(N)C2CC2)cc1. The number of benzene rings is 1. The topological polar surface area (TPSA) is 80.4 Å². The number of hydrogen-bond donors (Lipinski definition) is 2. The molecule has 1 saturated carbocycles. The summed E-state index contributed by atoms with van der Waals surface area (Å²) in [4.78, 5) is 1.24. The van der Waals surface area contributed by atoms with Crippen LogP contribution in [0.3, 0.4) is 0 Å². The molecule has 1 aliphatic rings. The van der Waals surface area contributed by atoms with Crippen LogP contribution in [0.15, 0.2) is 34.1 Å². The van der Waals surface area contributed by atoms with Crippen LogP contribution in [0.5, 0.6) is 0 Å². The molecule has 1 aliphatic carbocycles. The highest BCUT2D eigenvalue weighted by Crippen LogP contribution is 2.37. The summed E-state index contributed by atoms with van der Waals surface area (Å²) in [6.07, 6.45) is 3.48. The number of sulfone groups is 1. The van der Waals surface area contributed by atoms with Crippen molar-refractivity contribution in [2.24, 2.45) is 11.7 Å². The van der Waals surface area contributed by atoms with Gasteiger partial charge in [0.1, 0.15) is 0 Å². The third-order valence-electron chi connectivity index (χ3n) is 3.31. The maximum absolute atomic E-state index is 11.4. The molecule has 0 heterocycles. The Kier molecular flexibility index (Phi) is 4.55. The smallest absolute Gasteiger partial charge is 0.175 e. The van der Waals surface area contributed by atoms with Crippen LogP contribution in [0, 0.1) is 5.92 Å². The van der Waals surface area contributed by atoms with Crippen molar-refractivity contribution >= 4 is 21.6 Å². The second-order valence-corrected chi connectivity index (χ2v) is 8.33. The largest absolute Gasteiger partial charge is 0.395 e. The Balaban J connectivity index is 2.05. The highest BCUT2D eigenvalue weighted by atomic mass is 32.2.